The molecule has 0 atom stereocenters. The summed E-state index contributed by atoms with van der Waals surface area (Å²) >= 11 is 1.29. The maximum atomic E-state index is 11.9. The molecule has 2 rings (SSSR count). The van der Waals surface area contributed by atoms with Crippen LogP contribution in [0.25, 0.3) is 0 Å². The van der Waals surface area contributed by atoms with Crippen molar-refractivity contribution < 1.29 is 14.3 Å². The Hall–Kier alpha value is -2.47. The molecule has 2 aromatic rings. The number of rotatable bonds is 9. The van der Waals surface area contributed by atoms with E-state index in [4.69, 9.17) is 4.74 Å². The second kappa shape index (κ2) is 10.9. The van der Waals surface area contributed by atoms with Gasteiger partial charge in [0, 0.05) is 5.69 Å². The Morgan fingerprint density at radius 3 is 2.34 bits per heavy atom. The zero-order valence-corrected chi connectivity index (χ0v) is 18.4. The number of hydrogen-bond acceptors (Lipinski definition) is 4. The van der Waals surface area contributed by atoms with Crippen LogP contribution in [0.15, 0.2) is 48.5 Å². The Balaban J connectivity index is 1.58. The summed E-state index contributed by atoms with van der Waals surface area (Å²) in [5.41, 5.74) is 3.22. The van der Waals surface area contributed by atoms with Crippen molar-refractivity contribution in [2.75, 3.05) is 30.0 Å². The van der Waals surface area contributed by atoms with Gasteiger partial charge in [-0.15, -0.1) is 11.8 Å². The Labute approximate surface area is 177 Å². The van der Waals surface area contributed by atoms with Crippen LogP contribution in [-0.4, -0.2) is 36.5 Å². The molecular weight excluding hydrogens is 384 g/mol. The van der Waals surface area contributed by atoms with Gasteiger partial charge in [-0.25, -0.2) is 0 Å². The smallest absolute Gasteiger partial charge is 0.234 e. The first-order valence-corrected chi connectivity index (χ1v) is 10.8. The van der Waals surface area contributed by atoms with E-state index in [1.54, 1.807) is 0 Å². The van der Waals surface area contributed by atoms with Crippen LogP contribution in [0, 0.1) is 6.92 Å². The minimum Gasteiger partial charge on any atom is -0.492 e. The van der Waals surface area contributed by atoms with Crippen LogP contribution in [0.2, 0.25) is 0 Å². The normalized spacial score (nSPS) is 11.0. The van der Waals surface area contributed by atoms with Gasteiger partial charge in [-0.1, -0.05) is 45.0 Å². The first-order valence-electron chi connectivity index (χ1n) is 9.68. The van der Waals surface area contributed by atoms with Gasteiger partial charge in [0.15, 0.2) is 0 Å². The van der Waals surface area contributed by atoms with Crippen molar-refractivity contribution in [2.24, 2.45) is 0 Å². The van der Waals surface area contributed by atoms with Crippen molar-refractivity contribution in [1.82, 2.24) is 5.32 Å². The SMILES string of the molecule is Cc1cccc(NC(=O)CSCC(=O)NCCOc2ccc(C(C)(C)C)cc2)c1. The third-order valence-corrected chi connectivity index (χ3v) is 5.11. The van der Waals surface area contributed by atoms with Crippen molar-refractivity contribution in [2.45, 2.75) is 33.1 Å². The topological polar surface area (TPSA) is 67.4 Å². The average Bonchev–Trinajstić information content (AvgIpc) is 2.65. The minimum atomic E-state index is -0.115. The number of hydrogen-bond donors (Lipinski definition) is 2. The fourth-order valence-corrected chi connectivity index (χ4v) is 3.26. The number of carbonyl (C=O) groups excluding carboxylic acids is 2. The predicted octanol–water partition coefficient (Wildman–Crippen LogP) is 4.16. The van der Waals surface area contributed by atoms with Crippen LogP contribution in [0.1, 0.15) is 31.9 Å². The summed E-state index contributed by atoms with van der Waals surface area (Å²) < 4.78 is 5.66. The highest BCUT2D eigenvalue weighted by Gasteiger charge is 2.13. The van der Waals surface area contributed by atoms with Crippen LogP contribution in [0.5, 0.6) is 5.75 Å². The average molecular weight is 415 g/mol. The van der Waals surface area contributed by atoms with E-state index in [1.807, 2.05) is 43.3 Å². The van der Waals surface area contributed by atoms with Crippen molar-refractivity contribution in [3.8, 4) is 5.75 Å². The number of amides is 2. The molecule has 2 amide bonds. The Morgan fingerprint density at radius 2 is 1.69 bits per heavy atom. The Kier molecular flexibility index (Phi) is 8.58. The van der Waals surface area contributed by atoms with Crippen LogP contribution < -0.4 is 15.4 Å². The summed E-state index contributed by atoms with van der Waals surface area (Å²) in [6.07, 6.45) is 0. The number of thioether (sulfide) groups is 1. The zero-order chi connectivity index (χ0) is 21.3. The van der Waals surface area contributed by atoms with Gasteiger partial charge in [0.25, 0.3) is 0 Å². The molecule has 0 fully saturated rings. The van der Waals surface area contributed by atoms with Crippen molar-refractivity contribution in [1.29, 1.82) is 0 Å². The first-order chi connectivity index (χ1) is 13.7. The minimum absolute atomic E-state index is 0.106. The molecule has 0 saturated heterocycles. The molecule has 0 aliphatic carbocycles. The maximum absolute atomic E-state index is 11.9. The molecule has 0 unspecified atom stereocenters. The van der Waals surface area contributed by atoms with E-state index < -0.39 is 0 Å². The molecule has 2 N–H and O–H groups in total. The highest BCUT2D eigenvalue weighted by molar-refractivity contribution is 8.00. The van der Waals surface area contributed by atoms with E-state index in [0.717, 1.165) is 17.0 Å². The molecule has 0 saturated carbocycles. The lowest BCUT2D eigenvalue weighted by Crippen LogP contribution is -2.30. The van der Waals surface area contributed by atoms with E-state index in [1.165, 1.54) is 17.3 Å². The van der Waals surface area contributed by atoms with E-state index in [2.05, 4.69) is 43.5 Å². The first kappa shape index (κ1) is 22.8. The molecule has 0 aliphatic rings. The Bertz CT molecular complexity index is 814. The number of anilines is 1. The summed E-state index contributed by atoms with van der Waals surface area (Å²) in [6.45, 7) is 9.31. The van der Waals surface area contributed by atoms with Gasteiger partial charge in [0.2, 0.25) is 11.8 Å². The molecule has 2 aromatic carbocycles. The lowest BCUT2D eigenvalue weighted by atomic mass is 9.87. The van der Waals surface area contributed by atoms with Gasteiger partial charge < -0.3 is 15.4 Å². The fourth-order valence-electron chi connectivity index (χ4n) is 2.62. The summed E-state index contributed by atoms with van der Waals surface area (Å²) in [5.74, 6) is 1.04. The lowest BCUT2D eigenvalue weighted by Gasteiger charge is -2.19. The van der Waals surface area contributed by atoms with Gasteiger partial charge in [-0.05, 0) is 47.7 Å². The molecular formula is C23H30N2O3S. The molecule has 29 heavy (non-hydrogen) atoms. The highest BCUT2D eigenvalue weighted by atomic mass is 32.2. The van der Waals surface area contributed by atoms with E-state index in [0.29, 0.717) is 13.2 Å². The fraction of sp³-hybridized carbons (Fsp3) is 0.391. The molecule has 6 heteroatoms. The second-order valence-corrected chi connectivity index (χ2v) is 8.87. The molecule has 0 aliphatic heterocycles. The largest absolute Gasteiger partial charge is 0.492 e. The summed E-state index contributed by atoms with van der Waals surface area (Å²) in [7, 11) is 0. The number of carbonyl (C=O) groups is 2. The molecule has 0 heterocycles. The zero-order valence-electron chi connectivity index (χ0n) is 17.6. The summed E-state index contributed by atoms with van der Waals surface area (Å²) in [5, 5.41) is 5.63. The van der Waals surface area contributed by atoms with Gasteiger partial charge in [-0.3, -0.25) is 9.59 Å². The molecule has 0 radical (unpaired) electrons. The highest BCUT2D eigenvalue weighted by Crippen LogP contribution is 2.24. The van der Waals surface area contributed by atoms with Gasteiger partial charge in [0.1, 0.15) is 12.4 Å². The summed E-state index contributed by atoms with van der Waals surface area (Å²) in [4.78, 5) is 23.8. The van der Waals surface area contributed by atoms with E-state index >= 15 is 0 Å². The third kappa shape index (κ3) is 8.60. The van der Waals surface area contributed by atoms with Gasteiger partial charge >= 0.3 is 0 Å². The maximum Gasteiger partial charge on any atom is 0.234 e. The van der Waals surface area contributed by atoms with Crippen LogP contribution in [-0.2, 0) is 15.0 Å². The lowest BCUT2D eigenvalue weighted by molar-refractivity contribution is -0.118. The van der Waals surface area contributed by atoms with Crippen molar-refractivity contribution in [3.63, 3.8) is 0 Å². The van der Waals surface area contributed by atoms with Gasteiger partial charge in [0.05, 0.1) is 18.1 Å². The molecule has 0 spiro atoms. The second-order valence-electron chi connectivity index (χ2n) is 7.88. The van der Waals surface area contributed by atoms with Crippen molar-refractivity contribution in [3.05, 3.63) is 59.7 Å². The molecule has 5 nitrogen and oxygen atoms in total. The molecule has 0 aromatic heterocycles. The Morgan fingerprint density at radius 1 is 1.00 bits per heavy atom. The van der Waals surface area contributed by atoms with Gasteiger partial charge in [-0.2, -0.15) is 0 Å². The number of aryl methyl sites for hydroxylation is 1. The monoisotopic (exact) mass is 414 g/mol. The number of nitrogens with one attached hydrogen (secondary N) is 2. The summed E-state index contributed by atoms with van der Waals surface area (Å²) in [6, 6.07) is 15.6. The van der Waals surface area contributed by atoms with E-state index in [-0.39, 0.29) is 28.7 Å². The van der Waals surface area contributed by atoms with Crippen molar-refractivity contribution >= 4 is 29.3 Å². The van der Waals surface area contributed by atoms with Crippen LogP contribution in [0.3, 0.4) is 0 Å². The predicted molar refractivity (Wildman–Crippen MR) is 121 cm³/mol. The number of ether oxygens (including phenoxy) is 1. The standard InChI is InChI=1S/C23H30N2O3S/c1-17-6-5-7-19(14-17)25-22(27)16-29-15-21(26)24-12-13-28-20-10-8-18(9-11-20)23(2,3)4/h5-11,14H,12-13,15-16H2,1-4H3,(H,24,26)(H,25,27). The molecule has 156 valence electrons. The van der Waals surface area contributed by atoms with Crippen LogP contribution in [0.4, 0.5) is 5.69 Å². The van der Waals surface area contributed by atoms with E-state index in [9.17, 15) is 9.59 Å². The van der Waals surface area contributed by atoms with Crippen LogP contribution >= 0.6 is 11.8 Å². The third-order valence-electron chi connectivity index (χ3n) is 4.18. The quantitative estimate of drug-likeness (QED) is 0.605. The number of benzene rings is 2. The molecule has 0 bridgehead atoms.